The molecule has 0 radical (unpaired) electrons. The van der Waals surface area contributed by atoms with Crippen LogP contribution in [0.3, 0.4) is 0 Å². The molecule has 0 saturated heterocycles. The summed E-state index contributed by atoms with van der Waals surface area (Å²) in [6, 6.07) is 11.3. The Hall–Kier alpha value is -9.67. The van der Waals surface area contributed by atoms with Crippen molar-refractivity contribution in [1.29, 1.82) is 0 Å². The lowest BCUT2D eigenvalue weighted by atomic mass is 10.0. The van der Waals surface area contributed by atoms with E-state index in [0.717, 1.165) is 28.9 Å². The van der Waals surface area contributed by atoms with E-state index >= 15 is 0 Å². The van der Waals surface area contributed by atoms with Gasteiger partial charge in [-0.2, -0.15) is 0 Å². The number of alkyl carbamates (subject to hydrolysis) is 1. The summed E-state index contributed by atoms with van der Waals surface area (Å²) in [5.41, 5.74) is 5.12. The zero-order valence-corrected chi connectivity index (χ0v) is 63.1. The third kappa shape index (κ3) is 28.4. The molecule has 594 valence electrons. The molecule has 0 saturated carbocycles. The van der Waals surface area contributed by atoms with Crippen molar-refractivity contribution in [3.63, 3.8) is 0 Å². The van der Waals surface area contributed by atoms with Crippen molar-refractivity contribution in [2.45, 2.75) is 117 Å². The van der Waals surface area contributed by atoms with Gasteiger partial charge < -0.3 is 98.0 Å². The van der Waals surface area contributed by atoms with Crippen molar-refractivity contribution in [2.75, 3.05) is 158 Å². The number of anilines is 1. The van der Waals surface area contributed by atoms with Gasteiger partial charge in [0, 0.05) is 87.3 Å². The highest BCUT2D eigenvalue weighted by Crippen LogP contribution is 2.41. The summed E-state index contributed by atoms with van der Waals surface area (Å²) in [4.78, 5) is 128. The van der Waals surface area contributed by atoms with Gasteiger partial charge in [-0.3, -0.25) is 53.2 Å². The van der Waals surface area contributed by atoms with Crippen LogP contribution < -0.4 is 45.5 Å². The number of fused-ring (bicyclic) bond motifs is 4. The van der Waals surface area contributed by atoms with Crippen molar-refractivity contribution in [1.82, 2.24) is 36.0 Å². The molecular weight excluding hydrogens is 1420 g/mol. The monoisotopic (exact) mass is 1520 g/mol. The first kappa shape index (κ1) is 84.9. The second kappa shape index (κ2) is 46.0. The van der Waals surface area contributed by atoms with E-state index in [4.69, 9.17) is 66.6 Å². The first-order valence-electron chi connectivity index (χ1n) is 37.0. The van der Waals surface area contributed by atoms with Gasteiger partial charge in [0.15, 0.2) is 23.0 Å². The van der Waals surface area contributed by atoms with Crippen LogP contribution >= 0.6 is 0 Å². The van der Waals surface area contributed by atoms with Crippen LogP contribution in [-0.2, 0) is 78.0 Å². The fourth-order valence-electron chi connectivity index (χ4n) is 11.6. The summed E-state index contributed by atoms with van der Waals surface area (Å²) in [5, 5.41) is 13.6. The molecule has 0 aromatic heterocycles. The average molecular weight is 1520 g/mol. The Bertz CT molecular complexity index is 3680. The topological polar surface area (TPSA) is 368 Å². The Balaban J connectivity index is 0.609. The van der Waals surface area contributed by atoms with Gasteiger partial charge in [0.1, 0.15) is 18.7 Å². The number of imide groups is 1. The molecule has 0 spiro atoms. The van der Waals surface area contributed by atoms with Crippen molar-refractivity contribution >= 4 is 82.8 Å². The molecule has 109 heavy (non-hydrogen) atoms. The number of hydrogen-bond acceptors (Lipinski definition) is 24. The number of carbonyl (C=O) groups excluding carboxylic acids is 9. The molecular formula is C77H104N10O22. The smallest absolute Gasteiger partial charge is 0.407 e. The lowest BCUT2D eigenvalue weighted by molar-refractivity contribution is -0.137. The van der Waals surface area contributed by atoms with Crippen LogP contribution in [0.2, 0.25) is 0 Å². The molecule has 0 unspecified atom stereocenters. The SMILES string of the molecule is COc1cc2c(cc1OCCCCCOc1cc3c(cc1OCCCNC(=O)OCc1ccc(NC(=O)[C@H](C)NC(=O)[C@@H](NC(=O)CCOCCOCCOCCOCCOCCOCCOCCOCCNC(=O)CCN4C(=O)C=CC4=O)C(C)C)cc1)C(=O)N1C=C(C)C[C@H]1C=N3)N=C[C@@H]1CC(C)=CN1C2=O. The summed E-state index contributed by atoms with van der Waals surface area (Å²) in [6.07, 6.45) is 13.0. The normalized spacial score (nSPS) is 16.0. The van der Waals surface area contributed by atoms with E-state index in [1.807, 2.05) is 26.2 Å². The molecule has 8 rings (SSSR count). The van der Waals surface area contributed by atoms with Crippen LogP contribution in [-0.4, -0.2) is 257 Å². The Labute approximate surface area is 635 Å². The quantitative estimate of drug-likeness (QED) is 0.0309. The first-order chi connectivity index (χ1) is 52.8. The molecule has 5 N–H and O–H groups in total. The fourth-order valence-corrected chi connectivity index (χ4v) is 11.6. The Morgan fingerprint density at radius 3 is 1.48 bits per heavy atom. The molecule has 0 aliphatic carbocycles. The van der Waals surface area contributed by atoms with E-state index in [2.05, 4.69) is 31.6 Å². The Morgan fingerprint density at radius 1 is 0.505 bits per heavy atom. The van der Waals surface area contributed by atoms with Crippen LogP contribution in [0.1, 0.15) is 112 Å². The molecule has 9 amide bonds. The minimum absolute atomic E-state index is 0.00405. The summed E-state index contributed by atoms with van der Waals surface area (Å²) in [6.45, 7) is 16.0. The number of rotatable bonds is 52. The average Bonchev–Trinajstić information content (AvgIpc) is 1.70. The summed E-state index contributed by atoms with van der Waals surface area (Å²) >= 11 is 0. The van der Waals surface area contributed by atoms with Crippen molar-refractivity contribution in [3.8, 4) is 23.0 Å². The second-order valence-corrected chi connectivity index (χ2v) is 26.4. The van der Waals surface area contributed by atoms with Crippen molar-refractivity contribution < 1.29 is 105 Å². The highest BCUT2D eigenvalue weighted by Gasteiger charge is 2.35. The van der Waals surface area contributed by atoms with E-state index in [9.17, 15) is 43.2 Å². The van der Waals surface area contributed by atoms with Gasteiger partial charge in [-0.25, -0.2) is 4.79 Å². The second-order valence-electron chi connectivity index (χ2n) is 26.4. The van der Waals surface area contributed by atoms with Gasteiger partial charge in [-0.05, 0) is 95.0 Å². The van der Waals surface area contributed by atoms with Gasteiger partial charge in [-0.1, -0.05) is 37.1 Å². The fraction of sp³-hybridized carbons (Fsp3) is 0.545. The Kier molecular flexibility index (Phi) is 35.8. The maximum Gasteiger partial charge on any atom is 0.407 e. The molecule has 3 aromatic carbocycles. The molecule has 5 heterocycles. The lowest BCUT2D eigenvalue weighted by Gasteiger charge is -2.24. The number of ether oxygens (including phenoxy) is 13. The van der Waals surface area contributed by atoms with Crippen LogP contribution in [0.15, 0.2) is 94.2 Å². The predicted molar refractivity (Wildman–Crippen MR) is 400 cm³/mol. The Morgan fingerprint density at radius 2 is 0.972 bits per heavy atom. The minimum Gasteiger partial charge on any atom is -0.493 e. The van der Waals surface area contributed by atoms with Gasteiger partial charge in [0.05, 0.1) is 167 Å². The maximum atomic E-state index is 13.8. The number of methoxy groups -OCH3 is 1. The third-order valence-electron chi connectivity index (χ3n) is 17.4. The van der Waals surface area contributed by atoms with Crippen LogP contribution in [0, 0.1) is 5.92 Å². The molecule has 3 aromatic rings. The number of nitrogens with zero attached hydrogens (tertiary/aromatic N) is 5. The largest absolute Gasteiger partial charge is 0.493 e. The van der Waals surface area contributed by atoms with E-state index < -0.39 is 47.7 Å². The van der Waals surface area contributed by atoms with E-state index in [-0.39, 0.29) is 88.1 Å². The van der Waals surface area contributed by atoms with Gasteiger partial charge in [-0.15, -0.1) is 0 Å². The number of hydrogen-bond donors (Lipinski definition) is 5. The summed E-state index contributed by atoms with van der Waals surface area (Å²) in [7, 11) is 1.54. The number of aliphatic imine (C=N–C) groups is 2. The lowest BCUT2D eigenvalue weighted by Crippen LogP contribution is -2.53. The van der Waals surface area contributed by atoms with Gasteiger partial charge >= 0.3 is 6.09 Å². The number of unbranched alkanes of at least 4 members (excludes halogenated alkanes) is 2. The number of nitrogens with one attached hydrogen (secondary N) is 5. The molecule has 4 atom stereocenters. The summed E-state index contributed by atoms with van der Waals surface area (Å²) < 4.78 is 73.8. The van der Waals surface area contributed by atoms with Gasteiger partial charge in [0.2, 0.25) is 23.6 Å². The van der Waals surface area contributed by atoms with Crippen molar-refractivity contribution in [2.24, 2.45) is 15.9 Å². The zero-order valence-electron chi connectivity index (χ0n) is 63.1. The van der Waals surface area contributed by atoms with Crippen LogP contribution in [0.25, 0.3) is 0 Å². The van der Waals surface area contributed by atoms with E-state index in [1.54, 1.807) is 91.7 Å². The standard InChI is InChI=1S/C77H104N10O22/c1-52(2)72(84-69(89)18-25-98-27-29-100-31-33-102-35-37-104-39-40-105-38-36-103-34-32-101-30-28-99-26-20-78-68(88)17-21-85-70(90)15-16-71(85)91)74(93)82-55(5)73(92)83-57-13-11-56(12-14-57)51-109-77(96)79-19-10-24-108-65-44-61-63(81-48-59-42-54(4)50-87(59)76(61)95)46-67(65)107-23-9-7-8-22-106-66-45-62-60(43-64(66)97-6)75(94)86-49-53(3)41-58(86)47-80-62/h11-16,43-50,52,55,58-59,72H,7-10,17-42,51H2,1-6H3,(H,78,88)(H,79,96)(H,82,93)(H,83,92)(H,84,89)/t55-,58-,59-,72-/m0/s1. The molecule has 5 aliphatic rings. The highest BCUT2D eigenvalue weighted by molar-refractivity contribution is 6.13. The third-order valence-corrected chi connectivity index (χ3v) is 17.4. The minimum atomic E-state index is -0.957. The van der Waals surface area contributed by atoms with Crippen LogP contribution in [0.4, 0.5) is 21.9 Å². The first-order valence-corrected chi connectivity index (χ1v) is 37.0. The summed E-state index contributed by atoms with van der Waals surface area (Å²) in [5.74, 6) is -1.40. The predicted octanol–water partition coefficient (Wildman–Crippen LogP) is 6.23. The van der Waals surface area contributed by atoms with E-state index in [0.29, 0.717) is 195 Å². The highest BCUT2D eigenvalue weighted by atomic mass is 16.6. The molecule has 5 aliphatic heterocycles. The molecule has 0 fully saturated rings. The molecule has 32 heteroatoms. The number of carbonyl (C=O) groups is 9. The maximum absolute atomic E-state index is 13.8. The number of benzene rings is 3. The van der Waals surface area contributed by atoms with E-state index in [1.165, 1.54) is 19.1 Å². The number of amides is 9. The van der Waals surface area contributed by atoms with Crippen molar-refractivity contribution in [3.05, 3.63) is 101 Å². The van der Waals surface area contributed by atoms with Crippen LogP contribution in [0.5, 0.6) is 23.0 Å². The zero-order chi connectivity index (χ0) is 77.7. The molecule has 32 nitrogen and oxygen atoms in total. The molecule has 0 bridgehead atoms. The van der Waals surface area contributed by atoms with Gasteiger partial charge in [0.25, 0.3) is 23.6 Å².